The summed E-state index contributed by atoms with van der Waals surface area (Å²) in [6.45, 7) is 3.57. The van der Waals surface area contributed by atoms with Gasteiger partial charge in [0, 0.05) is 14.1 Å². The number of carbonyl (C=O) groups is 3. The molecule has 0 unspecified atom stereocenters. The number of amides is 3. The van der Waals surface area contributed by atoms with Crippen molar-refractivity contribution in [3.63, 3.8) is 0 Å². The van der Waals surface area contributed by atoms with Crippen LogP contribution in [0.15, 0.2) is 0 Å². The van der Waals surface area contributed by atoms with Gasteiger partial charge in [0.2, 0.25) is 5.91 Å². The smallest absolute Gasteiger partial charge is 0.326 e. The number of nitrogens with one attached hydrogen (secondary N) is 2. The predicted octanol–water partition coefficient (Wildman–Crippen LogP) is -0.127. The summed E-state index contributed by atoms with van der Waals surface area (Å²) in [6.07, 6.45) is 0.338. The summed E-state index contributed by atoms with van der Waals surface area (Å²) in [6, 6.07) is -1.60. The third-order valence-corrected chi connectivity index (χ3v) is 2.21. The van der Waals surface area contributed by atoms with Crippen LogP contribution in [-0.2, 0) is 9.59 Å². The van der Waals surface area contributed by atoms with Crippen molar-refractivity contribution in [1.82, 2.24) is 15.5 Å². The van der Waals surface area contributed by atoms with Crippen molar-refractivity contribution in [2.24, 2.45) is 5.92 Å². The second kappa shape index (κ2) is 7.52. The Kier molecular flexibility index (Phi) is 6.77. The molecule has 0 aromatic heterocycles. The van der Waals surface area contributed by atoms with Crippen molar-refractivity contribution in [2.75, 3.05) is 20.6 Å². The van der Waals surface area contributed by atoms with E-state index in [1.165, 1.54) is 4.90 Å². The van der Waals surface area contributed by atoms with Gasteiger partial charge in [-0.1, -0.05) is 13.8 Å². The molecule has 104 valence electrons. The summed E-state index contributed by atoms with van der Waals surface area (Å²) in [5.41, 5.74) is 0. The second-order valence-corrected chi connectivity index (χ2v) is 4.64. The highest BCUT2D eigenvalue weighted by Gasteiger charge is 2.21. The predicted molar refractivity (Wildman–Crippen MR) is 66.1 cm³/mol. The van der Waals surface area contributed by atoms with Gasteiger partial charge in [-0.05, 0) is 12.3 Å². The number of carboxylic acids is 1. The SMILES string of the molecule is CC(C)C[C@H](NC(=O)NCC(=O)N(C)C)C(=O)O. The minimum absolute atomic E-state index is 0.148. The summed E-state index contributed by atoms with van der Waals surface area (Å²) >= 11 is 0. The van der Waals surface area contributed by atoms with Crippen LogP contribution < -0.4 is 10.6 Å². The molecule has 3 amide bonds. The quantitative estimate of drug-likeness (QED) is 0.619. The highest BCUT2D eigenvalue weighted by molar-refractivity contribution is 5.86. The fraction of sp³-hybridized carbons (Fsp3) is 0.727. The lowest BCUT2D eigenvalue weighted by molar-refractivity contribution is -0.139. The molecule has 0 bridgehead atoms. The topological polar surface area (TPSA) is 98.7 Å². The van der Waals surface area contributed by atoms with Crippen molar-refractivity contribution < 1.29 is 19.5 Å². The Balaban J connectivity index is 4.18. The van der Waals surface area contributed by atoms with E-state index in [0.29, 0.717) is 6.42 Å². The number of aliphatic carboxylic acids is 1. The van der Waals surface area contributed by atoms with Gasteiger partial charge < -0.3 is 20.6 Å². The maximum Gasteiger partial charge on any atom is 0.326 e. The Bertz CT molecular complexity index is 315. The standard InChI is InChI=1S/C11H21N3O4/c1-7(2)5-8(10(16)17)13-11(18)12-6-9(15)14(3)4/h7-8H,5-6H2,1-4H3,(H,16,17)(H2,12,13,18)/t8-/m0/s1. The Morgan fingerprint density at radius 1 is 1.22 bits per heavy atom. The molecule has 0 saturated heterocycles. The third-order valence-electron chi connectivity index (χ3n) is 2.21. The molecule has 0 heterocycles. The number of hydrogen-bond acceptors (Lipinski definition) is 3. The van der Waals surface area contributed by atoms with Gasteiger partial charge in [0.15, 0.2) is 0 Å². The molecule has 0 fully saturated rings. The Hall–Kier alpha value is -1.79. The van der Waals surface area contributed by atoms with Gasteiger partial charge in [-0.2, -0.15) is 0 Å². The van der Waals surface area contributed by atoms with Gasteiger partial charge in [0.25, 0.3) is 0 Å². The molecule has 7 nitrogen and oxygen atoms in total. The average molecular weight is 259 g/mol. The van der Waals surface area contributed by atoms with Crippen molar-refractivity contribution >= 4 is 17.9 Å². The van der Waals surface area contributed by atoms with Crippen LogP contribution in [0.5, 0.6) is 0 Å². The van der Waals surface area contributed by atoms with E-state index in [0.717, 1.165) is 0 Å². The molecule has 0 aromatic carbocycles. The fourth-order valence-corrected chi connectivity index (χ4v) is 1.22. The van der Waals surface area contributed by atoms with E-state index in [9.17, 15) is 14.4 Å². The van der Waals surface area contributed by atoms with Crippen LogP contribution in [0, 0.1) is 5.92 Å². The van der Waals surface area contributed by atoms with Crippen LogP contribution in [0.25, 0.3) is 0 Å². The number of rotatable bonds is 6. The molecule has 3 N–H and O–H groups in total. The number of carboxylic acid groups (broad SMARTS) is 1. The maximum absolute atomic E-state index is 11.4. The van der Waals surface area contributed by atoms with Crippen LogP contribution >= 0.6 is 0 Å². The summed E-state index contributed by atoms with van der Waals surface area (Å²) in [4.78, 5) is 34.9. The second-order valence-electron chi connectivity index (χ2n) is 4.64. The zero-order chi connectivity index (χ0) is 14.3. The largest absolute Gasteiger partial charge is 0.480 e. The number of hydrogen-bond donors (Lipinski definition) is 3. The maximum atomic E-state index is 11.4. The summed E-state index contributed by atoms with van der Waals surface area (Å²) in [5, 5.41) is 13.6. The first-order valence-corrected chi connectivity index (χ1v) is 5.71. The molecular weight excluding hydrogens is 238 g/mol. The first kappa shape index (κ1) is 16.2. The summed E-state index contributed by atoms with van der Waals surface area (Å²) < 4.78 is 0. The van der Waals surface area contributed by atoms with Gasteiger partial charge >= 0.3 is 12.0 Å². The van der Waals surface area contributed by atoms with Gasteiger partial charge in [-0.25, -0.2) is 9.59 Å². The molecule has 0 aliphatic rings. The zero-order valence-electron chi connectivity index (χ0n) is 11.2. The normalized spacial score (nSPS) is 11.8. The van der Waals surface area contributed by atoms with E-state index in [2.05, 4.69) is 10.6 Å². The lowest BCUT2D eigenvalue weighted by Crippen LogP contribution is -2.48. The minimum atomic E-state index is -1.09. The lowest BCUT2D eigenvalue weighted by Gasteiger charge is -2.17. The number of carbonyl (C=O) groups excluding carboxylic acids is 2. The molecule has 0 radical (unpaired) electrons. The van der Waals surface area contributed by atoms with E-state index in [-0.39, 0.29) is 18.4 Å². The van der Waals surface area contributed by atoms with Crippen LogP contribution in [0.2, 0.25) is 0 Å². The number of likely N-dealkylation sites (N-methyl/N-ethyl adjacent to an activating group) is 1. The first-order chi connectivity index (χ1) is 8.23. The van der Waals surface area contributed by atoms with Crippen molar-refractivity contribution in [3.8, 4) is 0 Å². The monoisotopic (exact) mass is 259 g/mol. The van der Waals surface area contributed by atoms with E-state index in [4.69, 9.17) is 5.11 Å². The highest BCUT2D eigenvalue weighted by Crippen LogP contribution is 2.04. The van der Waals surface area contributed by atoms with E-state index in [1.54, 1.807) is 14.1 Å². The number of urea groups is 1. The first-order valence-electron chi connectivity index (χ1n) is 5.71. The van der Waals surface area contributed by atoms with Crippen LogP contribution in [0.1, 0.15) is 20.3 Å². The highest BCUT2D eigenvalue weighted by atomic mass is 16.4. The van der Waals surface area contributed by atoms with Gasteiger partial charge in [-0.3, -0.25) is 4.79 Å². The van der Waals surface area contributed by atoms with Gasteiger partial charge in [-0.15, -0.1) is 0 Å². The molecule has 0 rings (SSSR count). The molecule has 0 spiro atoms. The average Bonchev–Trinajstić information content (AvgIpc) is 2.23. The Labute approximate surface area is 107 Å². The van der Waals surface area contributed by atoms with Crippen molar-refractivity contribution in [3.05, 3.63) is 0 Å². The van der Waals surface area contributed by atoms with Crippen LogP contribution in [0.3, 0.4) is 0 Å². The van der Waals surface area contributed by atoms with Crippen LogP contribution in [-0.4, -0.2) is 54.6 Å². The van der Waals surface area contributed by atoms with Crippen LogP contribution in [0.4, 0.5) is 4.79 Å². The zero-order valence-corrected chi connectivity index (χ0v) is 11.2. The molecule has 7 heteroatoms. The Morgan fingerprint density at radius 3 is 2.17 bits per heavy atom. The minimum Gasteiger partial charge on any atom is -0.480 e. The molecule has 0 saturated carbocycles. The molecule has 0 aromatic rings. The lowest BCUT2D eigenvalue weighted by atomic mass is 10.0. The van der Waals surface area contributed by atoms with Crippen molar-refractivity contribution in [1.29, 1.82) is 0 Å². The molecule has 1 atom stereocenters. The molecular formula is C11H21N3O4. The number of nitrogens with zero attached hydrogens (tertiary/aromatic N) is 1. The van der Waals surface area contributed by atoms with E-state index >= 15 is 0 Å². The Morgan fingerprint density at radius 2 is 1.78 bits per heavy atom. The summed E-state index contributed by atoms with van der Waals surface area (Å²) in [7, 11) is 3.14. The molecule has 0 aliphatic heterocycles. The third kappa shape index (κ3) is 6.72. The van der Waals surface area contributed by atoms with Gasteiger partial charge in [0.05, 0.1) is 6.54 Å². The molecule has 0 aliphatic carbocycles. The molecule has 18 heavy (non-hydrogen) atoms. The fourth-order valence-electron chi connectivity index (χ4n) is 1.22. The van der Waals surface area contributed by atoms with E-state index < -0.39 is 18.0 Å². The van der Waals surface area contributed by atoms with Gasteiger partial charge in [0.1, 0.15) is 6.04 Å². The van der Waals surface area contributed by atoms with E-state index in [1.807, 2.05) is 13.8 Å². The van der Waals surface area contributed by atoms with Crippen molar-refractivity contribution in [2.45, 2.75) is 26.3 Å². The summed E-state index contributed by atoms with van der Waals surface area (Å²) in [5.74, 6) is -1.20.